The predicted octanol–water partition coefficient (Wildman–Crippen LogP) is 0.917. The lowest BCUT2D eigenvalue weighted by atomic mass is 10.2. The fourth-order valence-electron chi connectivity index (χ4n) is 1.54. The van der Waals surface area contributed by atoms with E-state index in [-0.39, 0.29) is 5.69 Å². The van der Waals surface area contributed by atoms with E-state index in [1.54, 1.807) is 18.3 Å². The van der Waals surface area contributed by atoms with E-state index in [1.807, 2.05) is 18.7 Å². The Morgan fingerprint density at radius 1 is 1.42 bits per heavy atom. The summed E-state index contributed by atoms with van der Waals surface area (Å²) < 4.78 is 6.36. The minimum Gasteiger partial charge on any atom is -0.464 e. The number of methoxy groups -OCH3 is 1. The standard InChI is InChI=1S/C12H15N5O2/c1-8-9(7-14-17(8)2)6-13-11-5-4-10(15-16-11)12(18)19-3/h4-5,7H,6H2,1-3H3,(H,13,16). The van der Waals surface area contributed by atoms with E-state index in [0.717, 1.165) is 11.3 Å². The third-order valence-corrected chi connectivity index (χ3v) is 2.86. The third-order valence-electron chi connectivity index (χ3n) is 2.86. The highest BCUT2D eigenvalue weighted by molar-refractivity contribution is 5.86. The van der Waals surface area contributed by atoms with Crippen molar-refractivity contribution < 1.29 is 9.53 Å². The first-order valence-electron chi connectivity index (χ1n) is 5.75. The van der Waals surface area contributed by atoms with Crippen LogP contribution < -0.4 is 5.32 Å². The van der Waals surface area contributed by atoms with Crippen molar-refractivity contribution in [3.63, 3.8) is 0 Å². The number of nitrogens with zero attached hydrogens (tertiary/aromatic N) is 4. The summed E-state index contributed by atoms with van der Waals surface area (Å²) in [6, 6.07) is 3.25. The second kappa shape index (κ2) is 5.47. The van der Waals surface area contributed by atoms with Gasteiger partial charge in [0.25, 0.3) is 0 Å². The molecule has 0 spiro atoms. The van der Waals surface area contributed by atoms with Crippen LogP contribution in [-0.4, -0.2) is 33.1 Å². The molecule has 7 heteroatoms. The minimum absolute atomic E-state index is 0.186. The van der Waals surface area contributed by atoms with Gasteiger partial charge in [0.05, 0.1) is 13.3 Å². The summed E-state index contributed by atoms with van der Waals surface area (Å²) in [7, 11) is 3.20. The highest BCUT2D eigenvalue weighted by Crippen LogP contribution is 2.09. The van der Waals surface area contributed by atoms with Gasteiger partial charge in [0, 0.05) is 24.8 Å². The molecule has 0 radical (unpaired) electrons. The van der Waals surface area contributed by atoms with Crippen molar-refractivity contribution in [3.8, 4) is 0 Å². The Bertz CT molecular complexity index is 576. The SMILES string of the molecule is COC(=O)c1ccc(NCc2cnn(C)c2C)nn1. The maximum absolute atomic E-state index is 11.2. The lowest BCUT2D eigenvalue weighted by Gasteiger charge is -2.05. The Morgan fingerprint density at radius 3 is 2.74 bits per heavy atom. The Labute approximate surface area is 110 Å². The smallest absolute Gasteiger partial charge is 0.358 e. The van der Waals surface area contributed by atoms with Crippen molar-refractivity contribution >= 4 is 11.8 Å². The molecule has 0 aromatic carbocycles. The lowest BCUT2D eigenvalue weighted by Crippen LogP contribution is -2.08. The Kier molecular flexibility index (Phi) is 3.74. The molecule has 2 aromatic rings. The molecule has 2 rings (SSSR count). The van der Waals surface area contributed by atoms with E-state index >= 15 is 0 Å². The Balaban J connectivity index is 2.00. The molecule has 2 heterocycles. The van der Waals surface area contributed by atoms with Gasteiger partial charge in [-0.15, -0.1) is 10.2 Å². The number of rotatable bonds is 4. The zero-order chi connectivity index (χ0) is 13.8. The van der Waals surface area contributed by atoms with Crippen LogP contribution in [0.25, 0.3) is 0 Å². The first-order valence-corrected chi connectivity index (χ1v) is 5.75. The van der Waals surface area contributed by atoms with Gasteiger partial charge in [-0.1, -0.05) is 0 Å². The van der Waals surface area contributed by atoms with Crippen LogP contribution in [0.4, 0.5) is 5.82 Å². The Hall–Kier alpha value is -2.44. The van der Waals surface area contributed by atoms with Crippen molar-refractivity contribution in [1.82, 2.24) is 20.0 Å². The van der Waals surface area contributed by atoms with Gasteiger partial charge in [0.2, 0.25) is 0 Å². The first kappa shape index (κ1) is 13.0. The summed E-state index contributed by atoms with van der Waals surface area (Å²) in [5, 5.41) is 15.0. The van der Waals surface area contributed by atoms with E-state index in [2.05, 4.69) is 25.3 Å². The average Bonchev–Trinajstić information content (AvgIpc) is 2.76. The molecule has 0 aliphatic carbocycles. The lowest BCUT2D eigenvalue weighted by molar-refractivity contribution is 0.0593. The molecule has 19 heavy (non-hydrogen) atoms. The number of anilines is 1. The molecule has 7 nitrogen and oxygen atoms in total. The molecule has 0 fully saturated rings. The molecule has 0 bridgehead atoms. The predicted molar refractivity (Wildman–Crippen MR) is 68.6 cm³/mol. The molecule has 0 atom stereocenters. The monoisotopic (exact) mass is 261 g/mol. The van der Waals surface area contributed by atoms with E-state index in [4.69, 9.17) is 0 Å². The fraction of sp³-hybridized carbons (Fsp3) is 0.333. The maximum Gasteiger partial charge on any atom is 0.358 e. The molecule has 2 aromatic heterocycles. The largest absolute Gasteiger partial charge is 0.464 e. The van der Waals surface area contributed by atoms with Crippen molar-refractivity contribution in [1.29, 1.82) is 0 Å². The van der Waals surface area contributed by atoms with Crippen molar-refractivity contribution in [3.05, 3.63) is 35.3 Å². The number of carbonyl (C=O) groups excluding carboxylic acids is 1. The van der Waals surface area contributed by atoms with E-state index in [9.17, 15) is 4.79 Å². The molecule has 0 unspecified atom stereocenters. The quantitative estimate of drug-likeness (QED) is 0.824. The van der Waals surface area contributed by atoms with Crippen LogP contribution in [0.1, 0.15) is 21.7 Å². The minimum atomic E-state index is -0.498. The molecule has 0 amide bonds. The molecule has 100 valence electrons. The number of aromatic nitrogens is 4. The van der Waals surface area contributed by atoms with E-state index in [1.165, 1.54) is 7.11 Å². The van der Waals surface area contributed by atoms with Crippen molar-refractivity contribution in [2.75, 3.05) is 12.4 Å². The Morgan fingerprint density at radius 2 is 2.21 bits per heavy atom. The van der Waals surface area contributed by atoms with E-state index < -0.39 is 5.97 Å². The van der Waals surface area contributed by atoms with Gasteiger partial charge < -0.3 is 10.1 Å². The van der Waals surface area contributed by atoms with Gasteiger partial charge in [0.15, 0.2) is 5.69 Å². The van der Waals surface area contributed by atoms with Crippen LogP contribution in [0, 0.1) is 6.92 Å². The zero-order valence-corrected chi connectivity index (χ0v) is 11.0. The average molecular weight is 261 g/mol. The molecule has 1 N–H and O–H groups in total. The number of ether oxygens (including phenoxy) is 1. The normalized spacial score (nSPS) is 10.3. The van der Waals surface area contributed by atoms with Crippen LogP contribution in [0.15, 0.2) is 18.3 Å². The zero-order valence-electron chi connectivity index (χ0n) is 11.0. The van der Waals surface area contributed by atoms with Crippen molar-refractivity contribution in [2.45, 2.75) is 13.5 Å². The summed E-state index contributed by atoms with van der Waals surface area (Å²) in [6.07, 6.45) is 1.80. The van der Waals surface area contributed by atoms with Gasteiger partial charge in [-0.25, -0.2) is 4.79 Å². The first-order chi connectivity index (χ1) is 9.11. The number of nitrogens with one attached hydrogen (secondary N) is 1. The summed E-state index contributed by atoms with van der Waals surface area (Å²) in [5.74, 6) is 0.0954. The number of hydrogen-bond acceptors (Lipinski definition) is 6. The molecular weight excluding hydrogens is 246 g/mol. The second-order valence-electron chi connectivity index (χ2n) is 4.03. The summed E-state index contributed by atoms with van der Waals surface area (Å²) in [5.41, 5.74) is 2.36. The molecule has 0 aliphatic heterocycles. The van der Waals surface area contributed by atoms with Crippen LogP contribution in [0.3, 0.4) is 0 Å². The molecular formula is C12H15N5O2. The molecule has 0 aliphatic rings. The van der Waals surface area contributed by atoms with Crippen LogP contribution >= 0.6 is 0 Å². The highest BCUT2D eigenvalue weighted by atomic mass is 16.5. The third kappa shape index (κ3) is 2.87. The van der Waals surface area contributed by atoms with Gasteiger partial charge >= 0.3 is 5.97 Å². The topological polar surface area (TPSA) is 81.9 Å². The van der Waals surface area contributed by atoms with Crippen molar-refractivity contribution in [2.24, 2.45) is 7.05 Å². The van der Waals surface area contributed by atoms with Crippen LogP contribution in [-0.2, 0) is 18.3 Å². The summed E-state index contributed by atoms with van der Waals surface area (Å²) in [6.45, 7) is 2.60. The van der Waals surface area contributed by atoms with Crippen LogP contribution in [0.2, 0.25) is 0 Å². The number of esters is 1. The van der Waals surface area contributed by atoms with Gasteiger partial charge in [-0.05, 0) is 19.1 Å². The van der Waals surface area contributed by atoms with Gasteiger partial charge in [-0.3, -0.25) is 4.68 Å². The fourth-order valence-corrected chi connectivity index (χ4v) is 1.54. The second-order valence-corrected chi connectivity index (χ2v) is 4.03. The summed E-state index contributed by atoms with van der Waals surface area (Å²) >= 11 is 0. The molecule has 0 saturated carbocycles. The molecule has 0 saturated heterocycles. The van der Waals surface area contributed by atoms with Gasteiger partial charge in [-0.2, -0.15) is 5.10 Å². The number of hydrogen-bond donors (Lipinski definition) is 1. The van der Waals surface area contributed by atoms with Gasteiger partial charge in [0.1, 0.15) is 5.82 Å². The van der Waals surface area contributed by atoms with E-state index in [0.29, 0.717) is 12.4 Å². The number of carbonyl (C=O) groups is 1. The van der Waals surface area contributed by atoms with Crippen LogP contribution in [0.5, 0.6) is 0 Å². The highest BCUT2D eigenvalue weighted by Gasteiger charge is 2.08. The maximum atomic E-state index is 11.2. The number of aryl methyl sites for hydroxylation is 1. The summed E-state index contributed by atoms with van der Waals surface area (Å²) in [4.78, 5) is 11.2.